The summed E-state index contributed by atoms with van der Waals surface area (Å²) in [6, 6.07) is 6.34. The first-order chi connectivity index (χ1) is 14.2. The smallest absolute Gasteiger partial charge is 0.246 e. The number of fused-ring (bicyclic) bond motifs is 2. The summed E-state index contributed by atoms with van der Waals surface area (Å²) in [4.78, 5) is 22.5. The molecule has 1 fully saturated rings. The molecule has 3 aromatic heterocycles. The number of likely N-dealkylation sites (tertiary alicyclic amines) is 1. The summed E-state index contributed by atoms with van der Waals surface area (Å²) in [6.07, 6.45) is 8.69. The second kappa shape index (κ2) is 6.70. The average Bonchev–Trinajstić information content (AvgIpc) is 3.18. The van der Waals surface area contributed by atoms with E-state index in [1.54, 1.807) is 11.1 Å². The van der Waals surface area contributed by atoms with Crippen molar-refractivity contribution >= 4 is 33.4 Å². The van der Waals surface area contributed by atoms with E-state index in [0.717, 1.165) is 38.6 Å². The van der Waals surface area contributed by atoms with Crippen molar-refractivity contribution < 1.29 is 4.79 Å². The highest BCUT2D eigenvalue weighted by molar-refractivity contribution is 6.06. The summed E-state index contributed by atoms with van der Waals surface area (Å²) < 4.78 is 0. The van der Waals surface area contributed by atoms with Crippen molar-refractivity contribution in [2.75, 3.05) is 18.4 Å². The van der Waals surface area contributed by atoms with Gasteiger partial charge in [-0.3, -0.25) is 19.9 Å². The number of aromatic amines is 1. The number of H-pyrrole nitrogens is 1. The Bertz CT molecular complexity index is 1250. The fourth-order valence-corrected chi connectivity index (χ4v) is 3.97. The van der Waals surface area contributed by atoms with Crippen molar-refractivity contribution in [2.45, 2.75) is 13.0 Å². The van der Waals surface area contributed by atoms with Gasteiger partial charge in [0.25, 0.3) is 0 Å². The number of aromatic nitrogens is 4. The summed E-state index contributed by atoms with van der Waals surface area (Å²) in [6.45, 7) is 6.93. The molecule has 0 atom stereocenters. The average molecular weight is 384 g/mol. The third kappa shape index (κ3) is 2.82. The van der Waals surface area contributed by atoms with Gasteiger partial charge in [0.2, 0.25) is 5.91 Å². The lowest BCUT2D eigenvalue weighted by Crippen LogP contribution is -2.56. The largest absolute Gasteiger partial charge is 0.376 e. The van der Waals surface area contributed by atoms with Crippen LogP contribution in [0.1, 0.15) is 5.56 Å². The molecule has 5 rings (SSSR count). The monoisotopic (exact) mass is 384 g/mol. The molecule has 0 spiro atoms. The molecule has 0 saturated carbocycles. The fraction of sp³-hybridized carbons (Fsp3) is 0.182. The van der Waals surface area contributed by atoms with Gasteiger partial charge in [-0.05, 0) is 41.8 Å². The van der Waals surface area contributed by atoms with Crippen molar-refractivity contribution in [3.63, 3.8) is 0 Å². The first kappa shape index (κ1) is 17.4. The number of amides is 1. The van der Waals surface area contributed by atoms with Crippen LogP contribution in [-0.2, 0) is 4.79 Å². The second-order valence-electron chi connectivity index (χ2n) is 7.32. The molecule has 2 N–H and O–H groups in total. The Balaban J connectivity index is 1.55. The third-order valence-corrected chi connectivity index (χ3v) is 5.48. The lowest BCUT2D eigenvalue weighted by molar-refractivity contribution is -0.129. The number of rotatable bonds is 4. The van der Waals surface area contributed by atoms with Crippen molar-refractivity contribution in [1.29, 1.82) is 0 Å². The summed E-state index contributed by atoms with van der Waals surface area (Å²) in [5.41, 5.74) is 6.12. The van der Waals surface area contributed by atoms with E-state index in [9.17, 15) is 4.79 Å². The highest BCUT2D eigenvalue weighted by atomic mass is 16.2. The zero-order valence-corrected chi connectivity index (χ0v) is 16.0. The van der Waals surface area contributed by atoms with Gasteiger partial charge >= 0.3 is 0 Å². The predicted octanol–water partition coefficient (Wildman–Crippen LogP) is 3.29. The second-order valence-corrected chi connectivity index (χ2v) is 7.32. The maximum absolute atomic E-state index is 11.7. The fourth-order valence-electron chi connectivity index (χ4n) is 3.97. The number of carbonyl (C=O) groups is 1. The highest BCUT2D eigenvalue weighted by Gasteiger charge is 2.29. The molecule has 1 aliphatic rings. The number of benzene rings is 1. The Morgan fingerprint density at radius 1 is 1.24 bits per heavy atom. The van der Waals surface area contributed by atoms with Gasteiger partial charge < -0.3 is 10.2 Å². The molecular formula is C22H20N6O. The van der Waals surface area contributed by atoms with E-state index in [1.165, 1.54) is 11.6 Å². The standard InChI is InChI=1S/C22H20N6O/c1-3-20(29)28-11-14(12-28)26-19-10-23-8-16-15(6-7-24-22(16)19)21-13(2)4-5-18-17(21)9-25-27-18/h3-10,14,26H,1,11-12H2,2H3,(H,25,27). The van der Waals surface area contributed by atoms with Gasteiger partial charge in [-0.25, -0.2) is 0 Å². The van der Waals surface area contributed by atoms with Crippen LogP contribution in [0.25, 0.3) is 32.9 Å². The number of nitrogens with zero attached hydrogens (tertiary/aromatic N) is 4. The predicted molar refractivity (Wildman–Crippen MR) is 114 cm³/mol. The minimum Gasteiger partial charge on any atom is -0.376 e. The van der Waals surface area contributed by atoms with Gasteiger partial charge in [0.15, 0.2) is 0 Å². The molecule has 1 aliphatic heterocycles. The molecule has 144 valence electrons. The summed E-state index contributed by atoms with van der Waals surface area (Å²) in [7, 11) is 0. The number of hydrogen-bond donors (Lipinski definition) is 2. The minimum atomic E-state index is -0.0387. The molecule has 7 nitrogen and oxygen atoms in total. The van der Waals surface area contributed by atoms with Crippen LogP contribution >= 0.6 is 0 Å². The molecule has 4 heterocycles. The molecule has 7 heteroatoms. The maximum atomic E-state index is 11.7. The van der Waals surface area contributed by atoms with Crippen LogP contribution < -0.4 is 5.32 Å². The maximum Gasteiger partial charge on any atom is 0.246 e. The summed E-state index contributed by atoms with van der Waals surface area (Å²) in [5.74, 6) is -0.0387. The molecule has 1 aromatic carbocycles. The van der Waals surface area contributed by atoms with Crippen molar-refractivity contribution in [2.24, 2.45) is 0 Å². The molecule has 0 aliphatic carbocycles. The van der Waals surface area contributed by atoms with Gasteiger partial charge in [0.05, 0.1) is 35.2 Å². The number of anilines is 1. The van der Waals surface area contributed by atoms with Gasteiger partial charge in [0, 0.05) is 36.3 Å². The van der Waals surface area contributed by atoms with Crippen LogP contribution in [0.5, 0.6) is 0 Å². The van der Waals surface area contributed by atoms with E-state index in [1.807, 2.05) is 30.7 Å². The minimum absolute atomic E-state index is 0.0387. The van der Waals surface area contributed by atoms with Crippen LogP contribution in [0, 0.1) is 6.92 Å². The molecule has 0 unspecified atom stereocenters. The van der Waals surface area contributed by atoms with E-state index in [-0.39, 0.29) is 11.9 Å². The Hall–Kier alpha value is -3.74. The van der Waals surface area contributed by atoms with Gasteiger partial charge in [0.1, 0.15) is 0 Å². The van der Waals surface area contributed by atoms with E-state index in [2.05, 4.69) is 45.1 Å². The third-order valence-electron chi connectivity index (χ3n) is 5.48. The van der Waals surface area contributed by atoms with E-state index < -0.39 is 0 Å². The van der Waals surface area contributed by atoms with Crippen LogP contribution in [0.4, 0.5) is 5.69 Å². The first-order valence-corrected chi connectivity index (χ1v) is 9.49. The Morgan fingerprint density at radius 2 is 2.10 bits per heavy atom. The summed E-state index contributed by atoms with van der Waals surface area (Å²) in [5, 5.41) is 12.8. The van der Waals surface area contributed by atoms with Crippen molar-refractivity contribution in [3.05, 3.63) is 61.2 Å². The SMILES string of the molecule is C=CC(=O)N1CC(Nc2cncc3c(-c4c(C)ccc5[nH]ncc45)ccnc23)C1. The topological polar surface area (TPSA) is 86.8 Å². The molecule has 4 aromatic rings. The highest BCUT2D eigenvalue weighted by Crippen LogP contribution is 2.36. The molecular weight excluding hydrogens is 364 g/mol. The molecule has 1 amide bonds. The van der Waals surface area contributed by atoms with Crippen LogP contribution in [0.15, 0.2) is 55.6 Å². The Labute approximate surface area is 167 Å². The lowest BCUT2D eigenvalue weighted by atomic mass is 9.95. The summed E-state index contributed by atoms with van der Waals surface area (Å²) >= 11 is 0. The zero-order chi connectivity index (χ0) is 20.0. The molecule has 0 bridgehead atoms. The van der Waals surface area contributed by atoms with E-state index >= 15 is 0 Å². The molecule has 1 saturated heterocycles. The molecule has 29 heavy (non-hydrogen) atoms. The normalized spacial score (nSPS) is 14.2. The van der Waals surface area contributed by atoms with Crippen LogP contribution in [0.2, 0.25) is 0 Å². The Morgan fingerprint density at radius 3 is 2.93 bits per heavy atom. The van der Waals surface area contributed by atoms with Gasteiger partial charge in [-0.2, -0.15) is 5.10 Å². The van der Waals surface area contributed by atoms with Crippen molar-refractivity contribution in [1.82, 2.24) is 25.1 Å². The molecule has 0 radical (unpaired) electrons. The number of carbonyl (C=O) groups excluding carboxylic acids is 1. The number of nitrogens with one attached hydrogen (secondary N) is 2. The van der Waals surface area contributed by atoms with Gasteiger partial charge in [-0.1, -0.05) is 12.6 Å². The van der Waals surface area contributed by atoms with Gasteiger partial charge in [-0.15, -0.1) is 0 Å². The zero-order valence-electron chi connectivity index (χ0n) is 16.0. The van der Waals surface area contributed by atoms with Crippen LogP contribution in [-0.4, -0.2) is 50.1 Å². The first-order valence-electron chi connectivity index (χ1n) is 9.49. The number of aryl methyl sites for hydroxylation is 1. The van der Waals surface area contributed by atoms with Crippen LogP contribution in [0.3, 0.4) is 0 Å². The lowest BCUT2D eigenvalue weighted by Gasteiger charge is -2.39. The quantitative estimate of drug-likeness (QED) is 0.527. The van der Waals surface area contributed by atoms with E-state index in [4.69, 9.17) is 0 Å². The van der Waals surface area contributed by atoms with Crippen molar-refractivity contribution in [3.8, 4) is 11.1 Å². The Kier molecular flexibility index (Phi) is 4.01. The number of hydrogen-bond acceptors (Lipinski definition) is 5. The van der Waals surface area contributed by atoms with E-state index in [0.29, 0.717) is 13.1 Å². The number of pyridine rings is 2.